The van der Waals surface area contributed by atoms with Crippen LogP contribution in [0.25, 0.3) is 0 Å². The first kappa shape index (κ1) is 17.9. The summed E-state index contributed by atoms with van der Waals surface area (Å²) < 4.78 is 0. The van der Waals surface area contributed by atoms with Crippen LogP contribution in [0.4, 0.5) is 5.69 Å². The number of amides is 2. The molecule has 0 aromatic heterocycles. The van der Waals surface area contributed by atoms with Crippen molar-refractivity contribution in [1.82, 2.24) is 5.32 Å². The summed E-state index contributed by atoms with van der Waals surface area (Å²) in [5, 5.41) is 5.64. The lowest BCUT2D eigenvalue weighted by molar-refractivity contribution is -0.125. The number of anilines is 1. The van der Waals surface area contributed by atoms with Gasteiger partial charge in [-0.3, -0.25) is 9.59 Å². The van der Waals surface area contributed by atoms with E-state index < -0.39 is 6.04 Å². The molecule has 1 atom stereocenters. The molecule has 2 amide bonds. The molecule has 0 aliphatic rings. The van der Waals surface area contributed by atoms with Crippen molar-refractivity contribution in [3.05, 3.63) is 24.3 Å². The molecule has 1 rings (SSSR count). The van der Waals surface area contributed by atoms with Crippen molar-refractivity contribution in [2.75, 3.05) is 23.1 Å². The molecule has 116 valence electrons. The Labute approximate surface area is 134 Å². The number of hydrogen-bond acceptors (Lipinski definition) is 4. The van der Waals surface area contributed by atoms with Crippen LogP contribution in [0.2, 0.25) is 0 Å². The van der Waals surface area contributed by atoms with Gasteiger partial charge in [-0.15, -0.1) is 11.8 Å². The van der Waals surface area contributed by atoms with Gasteiger partial charge in [0.25, 0.3) is 0 Å². The molecule has 0 aliphatic carbocycles. The SMILES string of the molecule is CCSc1ccccc1NC(=O)[C@H](CCSC)NC(C)=O. The molecule has 4 nitrogen and oxygen atoms in total. The molecule has 0 bridgehead atoms. The van der Waals surface area contributed by atoms with Crippen LogP contribution in [-0.4, -0.2) is 35.6 Å². The summed E-state index contributed by atoms with van der Waals surface area (Å²) in [7, 11) is 0. The Balaban J connectivity index is 2.78. The van der Waals surface area contributed by atoms with Crippen LogP contribution in [0.3, 0.4) is 0 Å². The smallest absolute Gasteiger partial charge is 0.247 e. The first-order valence-corrected chi connectivity index (χ1v) is 9.25. The summed E-state index contributed by atoms with van der Waals surface area (Å²) in [6.07, 6.45) is 2.60. The number of hydrogen-bond donors (Lipinski definition) is 2. The quantitative estimate of drug-likeness (QED) is 0.721. The predicted octanol–water partition coefficient (Wildman–Crippen LogP) is 2.99. The van der Waals surface area contributed by atoms with Gasteiger partial charge < -0.3 is 10.6 Å². The van der Waals surface area contributed by atoms with Crippen molar-refractivity contribution >= 4 is 41.0 Å². The van der Waals surface area contributed by atoms with Crippen LogP contribution in [-0.2, 0) is 9.59 Å². The second-order valence-electron chi connectivity index (χ2n) is 4.45. The molecule has 0 radical (unpaired) electrons. The molecule has 1 aromatic carbocycles. The van der Waals surface area contributed by atoms with Gasteiger partial charge in [0.05, 0.1) is 5.69 Å². The molecule has 2 N–H and O–H groups in total. The van der Waals surface area contributed by atoms with Crippen molar-refractivity contribution < 1.29 is 9.59 Å². The molecular weight excluding hydrogens is 304 g/mol. The van der Waals surface area contributed by atoms with E-state index in [2.05, 4.69) is 17.6 Å². The Kier molecular flexibility index (Phi) is 8.30. The molecule has 0 spiro atoms. The van der Waals surface area contributed by atoms with E-state index in [4.69, 9.17) is 0 Å². The molecule has 0 fully saturated rings. The largest absolute Gasteiger partial charge is 0.345 e. The summed E-state index contributed by atoms with van der Waals surface area (Å²) >= 11 is 3.34. The number of rotatable bonds is 8. The van der Waals surface area contributed by atoms with Gasteiger partial charge in [0.1, 0.15) is 6.04 Å². The van der Waals surface area contributed by atoms with Gasteiger partial charge >= 0.3 is 0 Å². The van der Waals surface area contributed by atoms with Gasteiger partial charge in [-0.1, -0.05) is 19.1 Å². The van der Waals surface area contributed by atoms with Gasteiger partial charge in [0.2, 0.25) is 11.8 Å². The monoisotopic (exact) mass is 326 g/mol. The highest BCUT2D eigenvalue weighted by atomic mass is 32.2. The third-order valence-corrected chi connectivity index (χ3v) is 4.35. The molecule has 0 saturated heterocycles. The zero-order valence-electron chi connectivity index (χ0n) is 12.6. The van der Waals surface area contributed by atoms with E-state index in [1.54, 1.807) is 23.5 Å². The lowest BCUT2D eigenvalue weighted by Crippen LogP contribution is -2.43. The Morgan fingerprint density at radius 1 is 1.29 bits per heavy atom. The minimum Gasteiger partial charge on any atom is -0.345 e. The highest BCUT2D eigenvalue weighted by Gasteiger charge is 2.19. The molecule has 0 saturated carbocycles. The summed E-state index contributed by atoms with van der Waals surface area (Å²) in [6.45, 7) is 3.50. The van der Waals surface area contributed by atoms with E-state index in [0.29, 0.717) is 6.42 Å². The lowest BCUT2D eigenvalue weighted by atomic mass is 10.2. The molecular formula is C15H22N2O2S2. The number of nitrogens with one attached hydrogen (secondary N) is 2. The molecule has 21 heavy (non-hydrogen) atoms. The fourth-order valence-electron chi connectivity index (χ4n) is 1.82. The van der Waals surface area contributed by atoms with E-state index in [1.807, 2.05) is 30.5 Å². The van der Waals surface area contributed by atoms with Gasteiger partial charge in [-0.2, -0.15) is 11.8 Å². The van der Waals surface area contributed by atoms with Crippen LogP contribution < -0.4 is 10.6 Å². The standard InChI is InChI=1S/C15H22N2O2S2/c1-4-21-14-8-6-5-7-12(14)17-15(19)13(9-10-20-3)16-11(2)18/h5-8,13H,4,9-10H2,1-3H3,(H,16,18)(H,17,19)/t13-/m0/s1. The van der Waals surface area contributed by atoms with Gasteiger partial charge in [-0.05, 0) is 36.3 Å². The van der Waals surface area contributed by atoms with Crippen molar-refractivity contribution in [3.63, 3.8) is 0 Å². The Hall–Kier alpha value is -1.14. The maximum atomic E-state index is 12.4. The Morgan fingerprint density at radius 3 is 2.62 bits per heavy atom. The van der Waals surface area contributed by atoms with Crippen LogP contribution in [0.5, 0.6) is 0 Å². The Bertz CT molecular complexity index is 480. The van der Waals surface area contributed by atoms with Crippen molar-refractivity contribution in [2.45, 2.75) is 31.2 Å². The zero-order valence-corrected chi connectivity index (χ0v) is 14.3. The zero-order chi connectivity index (χ0) is 15.7. The average molecular weight is 326 g/mol. The van der Waals surface area contributed by atoms with E-state index in [1.165, 1.54) is 6.92 Å². The Morgan fingerprint density at radius 2 is 2.00 bits per heavy atom. The maximum absolute atomic E-state index is 12.4. The number of thioether (sulfide) groups is 2. The molecule has 1 aromatic rings. The van der Waals surface area contributed by atoms with Crippen molar-refractivity contribution in [2.24, 2.45) is 0 Å². The summed E-state index contributed by atoms with van der Waals surface area (Å²) in [5.41, 5.74) is 0.800. The maximum Gasteiger partial charge on any atom is 0.247 e. The molecule has 0 aliphatic heterocycles. The van der Waals surface area contributed by atoms with E-state index >= 15 is 0 Å². The molecule has 0 unspecified atom stereocenters. The summed E-state index contributed by atoms with van der Waals surface area (Å²) in [6, 6.07) is 7.22. The van der Waals surface area contributed by atoms with E-state index in [0.717, 1.165) is 22.1 Å². The topological polar surface area (TPSA) is 58.2 Å². The summed E-state index contributed by atoms with van der Waals surface area (Å²) in [5.74, 6) is 1.41. The number of benzene rings is 1. The minimum absolute atomic E-state index is 0.164. The minimum atomic E-state index is -0.491. The predicted molar refractivity (Wildman–Crippen MR) is 92.1 cm³/mol. The van der Waals surface area contributed by atoms with Crippen LogP contribution in [0.1, 0.15) is 20.3 Å². The van der Waals surface area contributed by atoms with Crippen LogP contribution in [0, 0.1) is 0 Å². The van der Waals surface area contributed by atoms with E-state index in [9.17, 15) is 9.59 Å². The normalized spacial score (nSPS) is 11.8. The third kappa shape index (κ3) is 6.44. The van der Waals surface area contributed by atoms with Crippen LogP contribution >= 0.6 is 23.5 Å². The van der Waals surface area contributed by atoms with Crippen molar-refractivity contribution in [1.29, 1.82) is 0 Å². The second kappa shape index (κ2) is 9.73. The van der Waals surface area contributed by atoms with Crippen LogP contribution in [0.15, 0.2) is 29.2 Å². The molecule has 6 heteroatoms. The first-order valence-electron chi connectivity index (χ1n) is 6.87. The fourth-order valence-corrected chi connectivity index (χ4v) is 3.05. The molecule has 0 heterocycles. The second-order valence-corrected chi connectivity index (χ2v) is 6.74. The fraction of sp³-hybridized carbons (Fsp3) is 0.467. The lowest BCUT2D eigenvalue weighted by Gasteiger charge is -2.18. The number of carbonyl (C=O) groups excluding carboxylic acids is 2. The van der Waals surface area contributed by atoms with Gasteiger partial charge in [-0.25, -0.2) is 0 Å². The summed E-state index contributed by atoms with van der Waals surface area (Å²) in [4.78, 5) is 24.6. The highest BCUT2D eigenvalue weighted by molar-refractivity contribution is 7.99. The van der Waals surface area contributed by atoms with Gasteiger partial charge in [0.15, 0.2) is 0 Å². The highest BCUT2D eigenvalue weighted by Crippen LogP contribution is 2.26. The average Bonchev–Trinajstić information content (AvgIpc) is 2.45. The van der Waals surface area contributed by atoms with E-state index in [-0.39, 0.29) is 11.8 Å². The number of carbonyl (C=O) groups is 2. The first-order chi connectivity index (χ1) is 10.1. The number of para-hydroxylation sites is 1. The third-order valence-electron chi connectivity index (χ3n) is 2.75. The van der Waals surface area contributed by atoms with Gasteiger partial charge in [0, 0.05) is 11.8 Å². The van der Waals surface area contributed by atoms with Crippen molar-refractivity contribution in [3.8, 4) is 0 Å².